The second kappa shape index (κ2) is 7.28. The van der Waals surface area contributed by atoms with E-state index >= 15 is 0 Å². The minimum atomic E-state index is 0.325. The van der Waals surface area contributed by atoms with Gasteiger partial charge < -0.3 is 10.5 Å². The highest BCUT2D eigenvalue weighted by Gasteiger charge is 2.14. The van der Waals surface area contributed by atoms with E-state index in [9.17, 15) is 0 Å². The van der Waals surface area contributed by atoms with Crippen LogP contribution in [0.1, 0.15) is 48.8 Å². The van der Waals surface area contributed by atoms with Crippen LogP contribution in [0.15, 0.2) is 48.5 Å². The summed E-state index contributed by atoms with van der Waals surface area (Å²) in [6.07, 6.45) is 0.939. The number of nitrogens with two attached hydrogens (primary N) is 1. The molecular formula is C19H25NO. The number of ether oxygens (including phenoxy) is 1. The fourth-order valence-corrected chi connectivity index (χ4v) is 2.66. The Morgan fingerprint density at radius 1 is 0.952 bits per heavy atom. The van der Waals surface area contributed by atoms with Gasteiger partial charge in [-0.05, 0) is 47.7 Å². The van der Waals surface area contributed by atoms with Crippen LogP contribution >= 0.6 is 0 Å². The van der Waals surface area contributed by atoms with Crippen molar-refractivity contribution in [3.8, 4) is 5.75 Å². The summed E-state index contributed by atoms with van der Waals surface area (Å²) in [6.45, 7) is 5.11. The summed E-state index contributed by atoms with van der Waals surface area (Å²) in [5, 5.41) is 0. The molecule has 0 heterocycles. The van der Waals surface area contributed by atoms with Crippen molar-refractivity contribution in [3.05, 3.63) is 65.2 Å². The zero-order valence-electron chi connectivity index (χ0n) is 13.2. The number of hydrogen-bond acceptors (Lipinski definition) is 2. The van der Waals surface area contributed by atoms with E-state index in [0.717, 1.165) is 12.2 Å². The molecule has 1 unspecified atom stereocenters. The van der Waals surface area contributed by atoms with Gasteiger partial charge >= 0.3 is 0 Å². The highest BCUT2D eigenvalue weighted by molar-refractivity contribution is 5.38. The maximum Gasteiger partial charge on any atom is 0.119 e. The molecular weight excluding hydrogens is 258 g/mol. The lowest BCUT2D eigenvalue weighted by Crippen LogP contribution is -2.09. The summed E-state index contributed by atoms with van der Waals surface area (Å²) in [5.41, 5.74) is 9.77. The lowest BCUT2D eigenvalue weighted by molar-refractivity contribution is 0.414. The van der Waals surface area contributed by atoms with Crippen LogP contribution in [0.25, 0.3) is 0 Å². The standard InChI is InChI=1S/C19H25NO/c1-14(2)15-7-9-16(10-8-15)19(11-12-20)17-5-4-6-18(13-17)21-3/h4-10,13-14,19H,11-12,20H2,1-3H3. The lowest BCUT2D eigenvalue weighted by atomic mass is 9.87. The number of rotatable bonds is 6. The molecule has 2 N–H and O–H groups in total. The summed E-state index contributed by atoms with van der Waals surface area (Å²) in [5.74, 6) is 1.78. The zero-order valence-corrected chi connectivity index (χ0v) is 13.2. The molecule has 2 nitrogen and oxygen atoms in total. The van der Waals surface area contributed by atoms with E-state index in [0.29, 0.717) is 18.4 Å². The van der Waals surface area contributed by atoms with Crippen LogP contribution in [0.5, 0.6) is 5.75 Å². The summed E-state index contributed by atoms with van der Waals surface area (Å²) >= 11 is 0. The molecule has 0 saturated carbocycles. The Morgan fingerprint density at radius 2 is 1.62 bits per heavy atom. The molecule has 2 aromatic rings. The van der Waals surface area contributed by atoms with Gasteiger partial charge in [0.25, 0.3) is 0 Å². The average Bonchev–Trinajstić information content (AvgIpc) is 2.52. The van der Waals surface area contributed by atoms with E-state index in [1.54, 1.807) is 7.11 Å². The Bertz CT molecular complexity index is 560. The number of hydrogen-bond donors (Lipinski definition) is 1. The highest BCUT2D eigenvalue weighted by Crippen LogP contribution is 2.30. The molecule has 0 bridgehead atoms. The van der Waals surface area contributed by atoms with E-state index < -0.39 is 0 Å². The van der Waals surface area contributed by atoms with Crippen molar-refractivity contribution in [2.75, 3.05) is 13.7 Å². The third-order valence-electron chi connectivity index (χ3n) is 3.96. The van der Waals surface area contributed by atoms with Gasteiger partial charge in [-0.25, -0.2) is 0 Å². The maximum atomic E-state index is 5.82. The van der Waals surface area contributed by atoms with Gasteiger partial charge in [0.2, 0.25) is 0 Å². The first kappa shape index (κ1) is 15.6. The molecule has 0 aromatic heterocycles. The van der Waals surface area contributed by atoms with E-state index in [-0.39, 0.29) is 0 Å². The Kier molecular flexibility index (Phi) is 5.40. The minimum Gasteiger partial charge on any atom is -0.497 e. The van der Waals surface area contributed by atoms with Crippen LogP contribution in [-0.2, 0) is 0 Å². The SMILES string of the molecule is COc1cccc(C(CCN)c2ccc(C(C)C)cc2)c1. The lowest BCUT2D eigenvalue weighted by Gasteiger charge is -2.19. The number of benzene rings is 2. The van der Waals surface area contributed by atoms with Gasteiger partial charge in [0.1, 0.15) is 5.75 Å². The summed E-state index contributed by atoms with van der Waals surface area (Å²) in [4.78, 5) is 0. The quantitative estimate of drug-likeness (QED) is 0.858. The normalized spacial score (nSPS) is 12.4. The first-order valence-corrected chi connectivity index (χ1v) is 7.59. The van der Waals surface area contributed by atoms with Crippen LogP contribution in [0.4, 0.5) is 0 Å². The van der Waals surface area contributed by atoms with Crippen molar-refractivity contribution in [1.82, 2.24) is 0 Å². The van der Waals surface area contributed by atoms with Gasteiger partial charge in [-0.15, -0.1) is 0 Å². The van der Waals surface area contributed by atoms with Crippen molar-refractivity contribution in [2.24, 2.45) is 5.73 Å². The van der Waals surface area contributed by atoms with E-state index in [1.807, 2.05) is 12.1 Å². The molecule has 0 saturated heterocycles. The molecule has 112 valence electrons. The summed E-state index contributed by atoms with van der Waals surface area (Å²) in [7, 11) is 1.70. The second-order valence-electron chi connectivity index (χ2n) is 5.73. The predicted octanol–water partition coefficient (Wildman–Crippen LogP) is 4.30. The van der Waals surface area contributed by atoms with Gasteiger partial charge in [0.15, 0.2) is 0 Å². The molecule has 0 aliphatic heterocycles. The van der Waals surface area contributed by atoms with Crippen molar-refractivity contribution in [1.29, 1.82) is 0 Å². The first-order chi connectivity index (χ1) is 10.2. The van der Waals surface area contributed by atoms with Gasteiger partial charge in [-0.3, -0.25) is 0 Å². The van der Waals surface area contributed by atoms with Gasteiger partial charge in [0, 0.05) is 5.92 Å². The molecule has 0 spiro atoms. The van der Waals surface area contributed by atoms with Crippen LogP contribution in [-0.4, -0.2) is 13.7 Å². The molecule has 0 aliphatic rings. The van der Waals surface area contributed by atoms with E-state index in [2.05, 4.69) is 50.2 Å². The summed E-state index contributed by atoms with van der Waals surface area (Å²) < 4.78 is 5.34. The Balaban J connectivity index is 2.33. The van der Waals surface area contributed by atoms with Crippen LogP contribution < -0.4 is 10.5 Å². The Morgan fingerprint density at radius 3 is 2.19 bits per heavy atom. The molecule has 0 aliphatic carbocycles. The minimum absolute atomic E-state index is 0.325. The van der Waals surface area contributed by atoms with Crippen molar-refractivity contribution >= 4 is 0 Å². The molecule has 2 aromatic carbocycles. The van der Waals surface area contributed by atoms with Gasteiger partial charge in [-0.2, -0.15) is 0 Å². The van der Waals surface area contributed by atoms with Gasteiger partial charge in [0.05, 0.1) is 7.11 Å². The third kappa shape index (κ3) is 3.85. The molecule has 0 amide bonds. The van der Waals surface area contributed by atoms with E-state index in [4.69, 9.17) is 10.5 Å². The fourth-order valence-electron chi connectivity index (χ4n) is 2.66. The monoisotopic (exact) mass is 283 g/mol. The summed E-state index contributed by atoms with van der Waals surface area (Å²) in [6, 6.07) is 17.2. The number of methoxy groups -OCH3 is 1. The molecule has 2 heteroatoms. The van der Waals surface area contributed by atoms with Crippen LogP contribution in [0, 0.1) is 0 Å². The highest BCUT2D eigenvalue weighted by atomic mass is 16.5. The topological polar surface area (TPSA) is 35.2 Å². The van der Waals surface area contributed by atoms with Gasteiger partial charge in [-0.1, -0.05) is 50.2 Å². The van der Waals surface area contributed by atoms with Crippen LogP contribution in [0.3, 0.4) is 0 Å². The third-order valence-corrected chi connectivity index (χ3v) is 3.96. The average molecular weight is 283 g/mol. The predicted molar refractivity (Wildman–Crippen MR) is 89.0 cm³/mol. The molecule has 21 heavy (non-hydrogen) atoms. The fraction of sp³-hybridized carbons (Fsp3) is 0.368. The second-order valence-corrected chi connectivity index (χ2v) is 5.73. The largest absolute Gasteiger partial charge is 0.497 e. The van der Waals surface area contributed by atoms with Crippen molar-refractivity contribution in [2.45, 2.75) is 32.1 Å². The molecule has 0 radical (unpaired) electrons. The smallest absolute Gasteiger partial charge is 0.119 e. The van der Waals surface area contributed by atoms with Crippen molar-refractivity contribution in [3.63, 3.8) is 0 Å². The molecule has 2 rings (SSSR count). The first-order valence-electron chi connectivity index (χ1n) is 7.59. The van der Waals surface area contributed by atoms with Crippen LogP contribution in [0.2, 0.25) is 0 Å². The van der Waals surface area contributed by atoms with Crippen molar-refractivity contribution < 1.29 is 4.74 Å². The Labute approximate surface area is 127 Å². The molecule has 0 fully saturated rings. The molecule has 1 atom stereocenters. The Hall–Kier alpha value is -1.80. The zero-order chi connectivity index (χ0) is 15.2. The maximum absolute atomic E-state index is 5.82. The van der Waals surface area contributed by atoms with E-state index in [1.165, 1.54) is 16.7 Å².